The maximum atomic E-state index is 12.9. The Morgan fingerprint density at radius 3 is 2.95 bits per heavy atom. The summed E-state index contributed by atoms with van der Waals surface area (Å²) in [5, 5.41) is 10.3. The molecular formula is C14H17FN4OS. The van der Waals surface area contributed by atoms with E-state index in [1.54, 1.807) is 12.1 Å². The molecule has 112 valence electrons. The molecule has 1 aromatic carbocycles. The van der Waals surface area contributed by atoms with Gasteiger partial charge in [-0.15, -0.1) is 0 Å². The maximum absolute atomic E-state index is 12.9. The van der Waals surface area contributed by atoms with Crippen LogP contribution in [-0.2, 0) is 17.8 Å². The quantitative estimate of drug-likeness (QED) is 0.834. The minimum atomic E-state index is -0.249. The van der Waals surface area contributed by atoms with Gasteiger partial charge in [0.1, 0.15) is 5.82 Å². The van der Waals surface area contributed by atoms with E-state index in [9.17, 15) is 4.39 Å². The van der Waals surface area contributed by atoms with Crippen molar-refractivity contribution in [3.63, 3.8) is 0 Å². The van der Waals surface area contributed by atoms with Gasteiger partial charge in [-0.3, -0.25) is 5.10 Å². The zero-order chi connectivity index (χ0) is 14.7. The molecule has 0 amide bonds. The Labute approximate surface area is 127 Å². The van der Waals surface area contributed by atoms with Gasteiger partial charge in [0.05, 0.1) is 19.2 Å². The second-order valence-corrected chi connectivity index (χ2v) is 5.44. The van der Waals surface area contributed by atoms with Crippen LogP contribution in [0.2, 0.25) is 0 Å². The summed E-state index contributed by atoms with van der Waals surface area (Å²) in [5.41, 5.74) is 0.842. The van der Waals surface area contributed by atoms with E-state index in [-0.39, 0.29) is 11.9 Å². The van der Waals surface area contributed by atoms with Crippen molar-refractivity contribution < 1.29 is 9.13 Å². The lowest BCUT2D eigenvalue weighted by atomic mass is 10.2. The van der Waals surface area contributed by atoms with Crippen LogP contribution in [0.3, 0.4) is 0 Å². The summed E-state index contributed by atoms with van der Waals surface area (Å²) in [7, 11) is 0. The fraction of sp³-hybridized carbons (Fsp3) is 0.429. The first-order valence-electron chi connectivity index (χ1n) is 6.97. The Bertz CT molecular complexity index is 646. The van der Waals surface area contributed by atoms with E-state index < -0.39 is 0 Å². The van der Waals surface area contributed by atoms with Crippen LogP contribution in [0.25, 0.3) is 0 Å². The third kappa shape index (κ3) is 3.48. The number of ether oxygens (including phenoxy) is 1. The van der Waals surface area contributed by atoms with Crippen LogP contribution < -0.4 is 5.32 Å². The van der Waals surface area contributed by atoms with Gasteiger partial charge in [-0.25, -0.2) is 4.39 Å². The van der Waals surface area contributed by atoms with Gasteiger partial charge in [-0.2, -0.15) is 5.10 Å². The van der Waals surface area contributed by atoms with E-state index in [0.717, 1.165) is 37.5 Å². The fourth-order valence-electron chi connectivity index (χ4n) is 2.41. The SMILES string of the molecule is Fc1ccc(NCc2n[nH]c(=S)n2C[C@@H]2CCCO2)cc1. The molecule has 0 aliphatic carbocycles. The molecule has 0 bridgehead atoms. The number of hydrogen-bond acceptors (Lipinski definition) is 4. The number of nitrogens with one attached hydrogen (secondary N) is 2. The van der Waals surface area contributed by atoms with Crippen LogP contribution in [0.4, 0.5) is 10.1 Å². The summed E-state index contributed by atoms with van der Waals surface area (Å²) in [6, 6.07) is 6.24. The van der Waals surface area contributed by atoms with Gasteiger partial charge in [0, 0.05) is 12.3 Å². The van der Waals surface area contributed by atoms with Crippen molar-refractivity contribution in [2.24, 2.45) is 0 Å². The zero-order valence-electron chi connectivity index (χ0n) is 11.5. The largest absolute Gasteiger partial charge is 0.378 e. The molecule has 3 rings (SSSR count). The molecule has 1 aromatic heterocycles. The Morgan fingerprint density at radius 2 is 2.24 bits per heavy atom. The Morgan fingerprint density at radius 1 is 1.43 bits per heavy atom. The average Bonchev–Trinajstić information content (AvgIpc) is 3.11. The molecule has 2 heterocycles. The van der Waals surface area contributed by atoms with Gasteiger partial charge >= 0.3 is 0 Å². The molecule has 0 unspecified atom stereocenters. The van der Waals surface area contributed by atoms with Gasteiger partial charge in [0.2, 0.25) is 0 Å². The molecule has 1 saturated heterocycles. The molecule has 1 aliphatic heterocycles. The summed E-state index contributed by atoms with van der Waals surface area (Å²) in [6.45, 7) is 2.06. The highest BCUT2D eigenvalue weighted by atomic mass is 32.1. The fourth-order valence-corrected chi connectivity index (χ4v) is 2.64. The maximum Gasteiger partial charge on any atom is 0.195 e. The highest BCUT2D eigenvalue weighted by Crippen LogP contribution is 2.16. The highest BCUT2D eigenvalue weighted by Gasteiger charge is 2.18. The Hall–Kier alpha value is -1.73. The molecule has 1 fully saturated rings. The van der Waals surface area contributed by atoms with Crippen molar-refractivity contribution in [3.8, 4) is 0 Å². The lowest BCUT2D eigenvalue weighted by molar-refractivity contribution is 0.0959. The van der Waals surface area contributed by atoms with Crippen molar-refractivity contribution in [2.45, 2.75) is 32.0 Å². The first kappa shape index (κ1) is 14.2. The van der Waals surface area contributed by atoms with Gasteiger partial charge in [0.25, 0.3) is 0 Å². The van der Waals surface area contributed by atoms with E-state index in [0.29, 0.717) is 11.3 Å². The molecule has 1 aliphatic rings. The minimum Gasteiger partial charge on any atom is -0.378 e. The number of rotatable bonds is 5. The normalized spacial score (nSPS) is 18.0. The smallest absolute Gasteiger partial charge is 0.195 e. The van der Waals surface area contributed by atoms with Crippen LogP contribution in [0.5, 0.6) is 0 Å². The lowest BCUT2D eigenvalue weighted by Crippen LogP contribution is -2.18. The highest BCUT2D eigenvalue weighted by molar-refractivity contribution is 7.71. The number of halogens is 1. The van der Waals surface area contributed by atoms with Gasteiger partial charge in [0.15, 0.2) is 10.6 Å². The predicted octanol–water partition coefficient (Wildman–Crippen LogP) is 2.87. The van der Waals surface area contributed by atoms with Crippen molar-refractivity contribution >= 4 is 17.9 Å². The van der Waals surface area contributed by atoms with Crippen LogP contribution in [-0.4, -0.2) is 27.5 Å². The summed E-state index contributed by atoms with van der Waals surface area (Å²) in [5.74, 6) is 0.571. The van der Waals surface area contributed by atoms with E-state index in [1.165, 1.54) is 12.1 Å². The molecule has 7 heteroatoms. The third-order valence-electron chi connectivity index (χ3n) is 3.54. The van der Waals surface area contributed by atoms with Crippen LogP contribution in [0.15, 0.2) is 24.3 Å². The van der Waals surface area contributed by atoms with Crippen molar-refractivity contribution in [3.05, 3.63) is 40.7 Å². The lowest BCUT2D eigenvalue weighted by Gasteiger charge is -2.13. The van der Waals surface area contributed by atoms with Crippen molar-refractivity contribution in [2.75, 3.05) is 11.9 Å². The van der Waals surface area contributed by atoms with E-state index in [4.69, 9.17) is 17.0 Å². The molecule has 0 spiro atoms. The molecule has 0 saturated carbocycles. The second kappa shape index (κ2) is 6.36. The molecule has 5 nitrogen and oxygen atoms in total. The van der Waals surface area contributed by atoms with Crippen LogP contribution in [0.1, 0.15) is 18.7 Å². The number of hydrogen-bond donors (Lipinski definition) is 2. The summed E-state index contributed by atoms with van der Waals surface area (Å²) in [4.78, 5) is 0. The second-order valence-electron chi connectivity index (χ2n) is 5.05. The first-order chi connectivity index (χ1) is 10.2. The third-order valence-corrected chi connectivity index (χ3v) is 3.85. The first-order valence-corrected chi connectivity index (χ1v) is 7.38. The zero-order valence-corrected chi connectivity index (χ0v) is 12.3. The number of aromatic amines is 1. The predicted molar refractivity (Wildman–Crippen MR) is 80.1 cm³/mol. The van der Waals surface area contributed by atoms with E-state index in [2.05, 4.69) is 15.5 Å². The molecule has 2 N–H and O–H groups in total. The molecule has 0 radical (unpaired) electrons. The number of nitrogens with zero attached hydrogens (tertiary/aromatic N) is 2. The summed E-state index contributed by atoms with van der Waals surface area (Å²) < 4.78 is 21.1. The average molecular weight is 308 g/mol. The van der Waals surface area contributed by atoms with E-state index >= 15 is 0 Å². The number of benzene rings is 1. The standard InChI is InChI=1S/C14H17FN4OS/c15-10-3-5-11(6-4-10)16-8-13-17-18-14(21)19(13)9-12-2-1-7-20-12/h3-6,12,16H,1-2,7-9H2,(H,18,21)/t12-/m0/s1. The number of aromatic nitrogens is 3. The van der Waals surface area contributed by atoms with Crippen LogP contribution in [0, 0.1) is 10.6 Å². The summed E-state index contributed by atoms with van der Waals surface area (Å²) >= 11 is 5.27. The van der Waals surface area contributed by atoms with Gasteiger partial charge in [-0.05, 0) is 49.3 Å². The number of anilines is 1. The molecular weight excluding hydrogens is 291 g/mol. The molecule has 21 heavy (non-hydrogen) atoms. The number of H-pyrrole nitrogens is 1. The monoisotopic (exact) mass is 308 g/mol. The van der Waals surface area contributed by atoms with Crippen molar-refractivity contribution in [1.82, 2.24) is 14.8 Å². The summed E-state index contributed by atoms with van der Waals surface area (Å²) in [6.07, 6.45) is 2.36. The minimum absolute atomic E-state index is 0.207. The molecule has 2 aromatic rings. The Balaban J connectivity index is 1.67. The van der Waals surface area contributed by atoms with Crippen molar-refractivity contribution in [1.29, 1.82) is 0 Å². The topological polar surface area (TPSA) is 54.9 Å². The van der Waals surface area contributed by atoms with Gasteiger partial charge in [-0.1, -0.05) is 0 Å². The molecule has 1 atom stereocenters. The van der Waals surface area contributed by atoms with E-state index in [1.807, 2.05) is 4.57 Å². The van der Waals surface area contributed by atoms with Crippen LogP contribution >= 0.6 is 12.2 Å². The van der Waals surface area contributed by atoms with Gasteiger partial charge < -0.3 is 14.6 Å². The Kier molecular flexibility index (Phi) is 4.31.